The standard InChI is InChI=1S/C17H24N4O/c1-18-17(21-15-9-5-6-10-15)20-13-16(22)19-12-11-14-7-3-2-4-8-14/h2-8,15H,9-13H2,1H3,(H,19,22)(H2,18,20,21). The molecule has 1 amide bonds. The summed E-state index contributed by atoms with van der Waals surface area (Å²) < 4.78 is 0. The van der Waals surface area contributed by atoms with Crippen LogP contribution >= 0.6 is 0 Å². The van der Waals surface area contributed by atoms with Gasteiger partial charge in [0.1, 0.15) is 0 Å². The fraction of sp³-hybridized carbons (Fsp3) is 0.412. The average Bonchev–Trinajstić information content (AvgIpc) is 3.05. The van der Waals surface area contributed by atoms with Crippen molar-refractivity contribution in [3.8, 4) is 0 Å². The molecule has 1 aromatic carbocycles. The van der Waals surface area contributed by atoms with E-state index in [4.69, 9.17) is 0 Å². The molecule has 0 saturated carbocycles. The molecule has 0 atom stereocenters. The summed E-state index contributed by atoms with van der Waals surface area (Å²) in [5.41, 5.74) is 1.22. The molecular formula is C17H24N4O. The van der Waals surface area contributed by atoms with E-state index in [1.165, 1.54) is 5.56 Å². The minimum atomic E-state index is -0.0246. The third-order valence-electron chi connectivity index (χ3n) is 3.57. The first-order chi connectivity index (χ1) is 10.8. The Balaban J connectivity index is 1.61. The number of hydrogen-bond acceptors (Lipinski definition) is 2. The topological polar surface area (TPSA) is 65.5 Å². The quantitative estimate of drug-likeness (QED) is 0.420. The van der Waals surface area contributed by atoms with Crippen molar-refractivity contribution in [2.24, 2.45) is 4.99 Å². The van der Waals surface area contributed by atoms with Crippen LogP contribution in [-0.2, 0) is 11.2 Å². The third kappa shape index (κ3) is 5.60. The highest BCUT2D eigenvalue weighted by atomic mass is 16.1. The summed E-state index contributed by atoms with van der Waals surface area (Å²) in [5.74, 6) is 0.648. The van der Waals surface area contributed by atoms with E-state index in [1.54, 1.807) is 7.05 Å². The van der Waals surface area contributed by atoms with Crippen molar-refractivity contribution in [3.63, 3.8) is 0 Å². The van der Waals surface area contributed by atoms with Crippen LogP contribution in [0.1, 0.15) is 18.4 Å². The lowest BCUT2D eigenvalue weighted by Gasteiger charge is -2.16. The average molecular weight is 300 g/mol. The molecule has 1 aliphatic carbocycles. The van der Waals surface area contributed by atoms with Gasteiger partial charge in [0.25, 0.3) is 0 Å². The van der Waals surface area contributed by atoms with Gasteiger partial charge in [-0.05, 0) is 24.8 Å². The Bertz CT molecular complexity index is 517. The zero-order chi connectivity index (χ0) is 15.6. The van der Waals surface area contributed by atoms with E-state index in [9.17, 15) is 4.79 Å². The Kier molecular flexibility index (Phi) is 6.48. The van der Waals surface area contributed by atoms with E-state index in [1.807, 2.05) is 18.2 Å². The van der Waals surface area contributed by atoms with E-state index in [-0.39, 0.29) is 12.5 Å². The minimum absolute atomic E-state index is 0.0246. The van der Waals surface area contributed by atoms with Gasteiger partial charge >= 0.3 is 0 Å². The number of aliphatic imine (C=N–C) groups is 1. The van der Waals surface area contributed by atoms with Gasteiger partial charge in [-0.2, -0.15) is 0 Å². The highest BCUT2D eigenvalue weighted by Gasteiger charge is 2.12. The number of benzene rings is 1. The van der Waals surface area contributed by atoms with Crippen LogP contribution in [0, 0.1) is 0 Å². The predicted octanol–water partition coefficient (Wildman–Crippen LogP) is 1.23. The number of carbonyl (C=O) groups is 1. The first-order valence-corrected chi connectivity index (χ1v) is 7.70. The fourth-order valence-electron chi connectivity index (χ4n) is 2.34. The number of guanidine groups is 1. The predicted molar refractivity (Wildman–Crippen MR) is 89.8 cm³/mol. The van der Waals surface area contributed by atoms with Gasteiger partial charge in [0.2, 0.25) is 5.91 Å². The van der Waals surface area contributed by atoms with E-state index < -0.39 is 0 Å². The van der Waals surface area contributed by atoms with Crippen molar-refractivity contribution < 1.29 is 4.79 Å². The molecule has 5 nitrogen and oxygen atoms in total. The first kappa shape index (κ1) is 16.1. The maximum Gasteiger partial charge on any atom is 0.239 e. The van der Waals surface area contributed by atoms with Crippen molar-refractivity contribution in [1.82, 2.24) is 16.0 Å². The summed E-state index contributed by atoms with van der Waals surface area (Å²) in [6, 6.07) is 10.5. The van der Waals surface area contributed by atoms with Crippen molar-refractivity contribution >= 4 is 11.9 Å². The Morgan fingerprint density at radius 2 is 1.91 bits per heavy atom. The fourth-order valence-corrected chi connectivity index (χ4v) is 2.34. The largest absolute Gasteiger partial charge is 0.354 e. The summed E-state index contributed by atoms with van der Waals surface area (Å²) in [6.45, 7) is 0.873. The number of carbonyl (C=O) groups excluding carboxylic acids is 1. The van der Waals surface area contributed by atoms with E-state index in [0.29, 0.717) is 18.5 Å². The van der Waals surface area contributed by atoms with Gasteiger partial charge in [-0.25, -0.2) is 0 Å². The van der Waals surface area contributed by atoms with Gasteiger partial charge in [0.05, 0.1) is 6.54 Å². The molecule has 2 rings (SSSR count). The summed E-state index contributed by atoms with van der Waals surface area (Å²) in [4.78, 5) is 16.0. The van der Waals surface area contributed by atoms with E-state index in [2.05, 4.69) is 45.2 Å². The lowest BCUT2D eigenvalue weighted by Crippen LogP contribution is -2.46. The molecule has 0 bridgehead atoms. The lowest BCUT2D eigenvalue weighted by molar-refractivity contribution is -0.119. The molecule has 0 fully saturated rings. The highest BCUT2D eigenvalue weighted by Crippen LogP contribution is 2.08. The third-order valence-corrected chi connectivity index (χ3v) is 3.57. The number of rotatable bonds is 6. The van der Waals surface area contributed by atoms with Crippen molar-refractivity contribution in [3.05, 3.63) is 48.0 Å². The van der Waals surface area contributed by atoms with Gasteiger partial charge < -0.3 is 16.0 Å². The second-order valence-electron chi connectivity index (χ2n) is 5.30. The molecule has 0 unspecified atom stereocenters. The zero-order valence-corrected chi connectivity index (χ0v) is 13.0. The van der Waals surface area contributed by atoms with Crippen LogP contribution in [0.3, 0.4) is 0 Å². The van der Waals surface area contributed by atoms with Crippen LogP contribution in [0.5, 0.6) is 0 Å². The molecule has 0 heterocycles. The maximum absolute atomic E-state index is 11.8. The molecule has 1 aliphatic rings. The summed E-state index contributed by atoms with van der Waals surface area (Å²) in [6.07, 6.45) is 7.16. The van der Waals surface area contributed by atoms with Crippen LogP contribution in [0.15, 0.2) is 47.5 Å². The Morgan fingerprint density at radius 1 is 1.18 bits per heavy atom. The van der Waals surface area contributed by atoms with Gasteiger partial charge in [-0.1, -0.05) is 42.5 Å². The first-order valence-electron chi connectivity index (χ1n) is 7.70. The number of nitrogens with zero attached hydrogens (tertiary/aromatic N) is 1. The van der Waals surface area contributed by atoms with Crippen LogP contribution in [0.25, 0.3) is 0 Å². The SMILES string of the molecule is CN=C(NCC(=O)NCCc1ccccc1)NC1CC=CC1. The smallest absolute Gasteiger partial charge is 0.239 e. The highest BCUT2D eigenvalue weighted by molar-refractivity contribution is 5.86. The van der Waals surface area contributed by atoms with Crippen molar-refractivity contribution in [1.29, 1.82) is 0 Å². The summed E-state index contributed by atoms with van der Waals surface area (Å²) >= 11 is 0. The monoisotopic (exact) mass is 300 g/mol. The van der Waals surface area contributed by atoms with Crippen LogP contribution < -0.4 is 16.0 Å². The van der Waals surface area contributed by atoms with Gasteiger partial charge in [0, 0.05) is 19.6 Å². The maximum atomic E-state index is 11.8. The summed E-state index contributed by atoms with van der Waals surface area (Å²) in [5, 5.41) is 9.25. The zero-order valence-electron chi connectivity index (χ0n) is 13.0. The van der Waals surface area contributed by atoms with Crippen molar-refractivity contribution in [2.45, 2.75) is 25.3 Å². The Labute approximate surface area is 131 Å². The van der Waals surface area contributed by atoms with Crippen LogP contribution in [0.2, 0.25) is 0 Å². The second-order valence-corrected chi connectivity index (χ2v) is 5.30. The molecule has 1 aromatic rings. The van der Waals surface area contributed by atoms with Gasteiger partial charge in [-0.15, -0.1) is 0 Å². The molecule has 5 heteroatoms. The second kappa shape index (κ2) is 8.87. The molecule has 0 aromatic heterocycles. The van der Waals surface area contributed by atoms with Gasteiger partial charge in [-0.3, -0.25) is 9.79 Å². The van der Waals surface area contributed by atoms with Crippen molar-refractivity contribution in [2.75, 3.05) is 20.1 Å². The van der Waals surface area contributed by atoms with Gasteiger partial charge in [0.15, 0.2) is 5.96 Å². The molecule has 118 valence electrons. The number of hydrogen-bond donors (Lipinski definition) is 3. The molecule has 0 aliphatic heterocycles. The van der Waals surface area contributed by atoms with Crippen LogP contribution in [-0.4, -0.2) is 38.0 Å². The Morgan fingerprint density at radius 3 is 2.59 bits per heavy atom. The minimum Gasteiger partial charge on any atom is -0.354 e. The molecule has 0 spiro atoms. The molecule has 0 saturated heterocycles. The number of amides is 1. The number of nitrogens with one attached hydrogen (secondary N) is 3. The normalized spacial score (nSPS) is 14.9. The molecule has 3 N–H and O–H groups in total. The lowest BCUT2D eigenvalue weighted by atomic mass is 10.1. The van der Waals surface area contributed by atoms with Crippen LogP contribution in [0.4, 0.5) is 0 Å². The molecular weight excluding hydrogens is 276 g/mol. The molecule has 22 heavy (non-hydrogen) atoms. The summed E-state index contributed by atoms with van der Waals surface area (Å²) in [7, 11) is 1.71. The van der Waals surface area contributed by atoms with E-state index >= 15 is 0 Å². The Hall–Kier alpha value is -2.30. The molecule has 0 radical (unpaired) electrons. The van der Waals surface area contributed by atoms with E-state index in [0.717, 1.165) is 19.3 Å².